The van der Waals surface area contributed by atoms with Crippen molar-refractivity contribution in [1.29, 1.82) is 0 Å². The van der Waals surface area contributed by atoms with Gasteiger partial charge in [-0.05, 0) is 18.1 Å². The van der Waals surface area contributed by atoms with Crippen molar-refractivity contribution in [2.75, 3.05) is 6.54 Å². The Balaban J connectivity index is 2.46. The van der Waals surface area contributed by atoms with Gasteiger partial charge in [-0.2, -0.15) is 4.39 Å². The summed E-state index contributed by atoms with van der Waals surface area (Å²) in [6, 6.07) is 2.49. The number of nitrogens with one attached hydrogen (secondary N) is 1. The summed E-state index contributed by atoms with van der Waals surface area (Å²) in [5, 5.41) is 2.64. The molecule has 0 aromatic carbocycles. The molecule has 0 aliphatic carbocycles. The molecule has 0 aliphatic heterocycles. The van der Waals surface area contributed by atoms with Crippen LogP contribution in [0.5, 0.6) is 0 Å². The zero-order valence-electron chi connectivity index (χ0n) is 8.94. The van der Waals surface area contributed by atoms with Crippen LogP contribution in [0.25, 0.3) is 0 Å². The highest BCUT2D eigenvalue weighted by Crippen LogP contribution is 2.01. The van der Waals surface area contributed by atoms with Crippen molar-refractivity contribution in [1.82, 2.24) is 10.3 Å². The second-order valence-electron chi connectivity index (χ2n) is 3.59. The van der Waals surface area contributed by atoms with Crippen LogP contribution in [0.15, 0.2) is 18.3 Å². The number of amides is 1. The van der Waals surface area contributed by atoms with E-state index in [2.05, 4.69) is 10.3 Å². The van der Waals surface area contributed by atoms with Crippen molar-refractivity contribution in [3.8, 4) is 0 Å². The molecule has 0 saturated heterocycles. The molecule has 1 atom stereocenters. The third kappa shape index (κ3) is 3.76. The lowest BCUT2D eigenvalue weighted by molar-refractivity contribution is -0.108. The van der Waals surface area contributed by atoms with E-state index in [0.717, 1.165) is 12.4 Å². The molecule has 0 fully saturated rings. The van der Waals surface area contributed by atoms with Gasteiger partial charge in [-0.3, -0.25) is 4.79 Å². The summed E-state index contributed by atoms with van der Waals surface area (Å²) in [6.45, 7) is 2.27. The van der Waals surface area contributed by atoms with Crippen LogP contribution in [0.1, 0.15) is 23.7 Å². The van der Waals surface area contributed by atoms with Crippen molar-refractivity contribution in [3.63, 3.8) is 0 Å². The molecule has 1 heterocycles. The van der Waals surface area contributed by atoms with Gasteiger partial charge >= 0.3 is 0 Å². The Kier molecular flexibility index (Phi) is 4.57. The number of carbonyl (C=O) groups excluding carboxylic acids is 2. The minimum atomic E-state index is -0.620. The number of hydrogen-bond acceptors (Lipinski definition) is 3. The van der Waals surface area contributed by atoms with E-state index in [1.165, 1.54) is 12.3 Å². The molecule has 16 heavy (non-hydrogen) atoms. The molecule has 1 amide bonds. The fraction of sp³-hybridized carbons (Fsp3) is 0.364. The normalized spacial score (nSPS) is 11.9. The monoisotopic (exact) mass is 224 g/mol. The Hall–Kier alpha value is -1.78. The van der Waals surface area contributed by atoms with Crippen LogP contribution >= 0.6 is 0 Å². The molecule has 0 spiro atoms. The zero-order valence-corrected chi connectivity index (χ0v) is 8.94. The Labute approximate surface area is 92.9 Å². The number of hydrogen-bond donors (Lipinski definition) is 1. The zero-order chi connectivity index (χ0) is 12.0. The summed E-state index contributed by atoms with van der Waals surface area (Å²) in [5.41, 5.74) is 0.305. The molecule has 0 aliphatic rings. The van der Waals surface area contributed by atoms with Crippen LogP contribution in [-0.2, 0) is 4.79 Å². The summed E-state index contributed by atoms with van der Waals surface area (Å²) in [7, 11) is 0. The average molecular weight is 224 g/mol. The van der Waals surface area contributed by atoms with Gasteiger partial charge in [0.2, 0.25) is 5.95 Å². The Morgan fingerprint density at radius 1 is 1.62 bits per heavy atom. The molecule has 86 valence electrons. The third-order valence-corrected chi connectivity index (χ3v) is 2.10. The van der Waals surface area contributed by atoms with Gasteiger partial charge in [0, 0.05) is 19.2 Å². The van der Waals surface area contributed by atoms with Gasteiger partial charge in [-0.25, -0.2) is 4.98 Å². The van der Waals surface area contributed by atoms with Crippen LogP contribution in [0.4, 0.5) is 4.39 Å². The van der Waals surface area contributed by atoms with Gasteiger partial charge in [0.1, 0.15) is 6.29 Å². The fourth-order valence-corrected chi connectivity index (χ4v) is 1.13. The van der Waals surface area contributed by atoms with Gasteiger partial charge in [0.05, 0.1) is 5.56 Å². The van der Waals surface area contributed by atoms with Gasteiger partial charge in [-0.15, -0.1) is 0 Å². The van der Waals surface area contributed by atoms with Crippen molar-refractivity contribution in [2.45, 2.75) is 13.3 Å². The highest BCUT2D eigenvalue weighted by atomic mass is 19.1. The Bertz CT molecular complexity index is 365. The van der Waals surface area contributed by atoms with E-state index < -0.39 is 5.95 Å². The summed E-state index contributed by atoms with van der Waals surface area (Å²) in [6.07, 6.45) is 2.40. The van der Waals surface area contributed by atoms with E-state index >= 15 is 0 Å². The average Bonchev–Trinajstić information content (AvgIpc) is 2.27. The first kappa shape index (κ1) is 12.3. The first-order valence-corrected chi connectivity index (χ1v) is 4.97. The molecule has 1 unspecified atom stereocenters. The number of rotatable bonds is 5. The van der Waals surface area contributed by atoms with Gasteiger partial charge in [-0.1, -0.05) is 6.92 Å². The van der Waals surface area contributed by atoms with Crippen LogP contribution in [-0.4, -0.2) is 23.7 Å². The maximum Gasteiger partial charge on any atom is 0.252 e. The van der Waals surface area contributed by atoms with E-state index in [9.17, 15) is 14.0 Å². The molecule has 4 nitrogen and oxygen atoms in total. The first-order valence-electron chi connectivity index (χ1n) is 4.97. The van der Waals surface area contributed by atoms with Crippen molar-refractivity contribution >= 4 is 12.2 Å². The molecule has 0 saturated carbocycles. The molecule has 1 N–H and O–H groups in total. The van der Waals surface area contributed by atoms with E-state index in [1.54, 1.807) is 0 Å². The van der Waals surface area contributed by atoms with E-state index in [4.69, 9.17) is 0 Å². The molecule has 1 aromatic heterocycles. The van der Waals surface area contributed by atoms with Crippen LogP contribution < -0.4 is 5.32 Å². The van der Waals surface area contributed by atoms with Crippen LogP contribution in [0.2, 0.25) is 0 Å². The predicted octanol–water partition coefficient (Wildman–Crippen LogP) is 1.18. The maximum atomic E-state index is 12.5. The first-order chi connectivity index (χ1) is 7.63. The maximum absolute atomic E-state index is 12.5. The molecule has 1 rings (SSSR count). The number of aromatic nitrogens is 1. The molecular formula is C11H13FN2O2. The molecular weight excluding hydrogens is 211 g/mol. The van der Waals surface area contributed by atoms with Gasteiger partial charge in [0.25, 0.3) is 5.91 Å². The molecule has 5 heteroatoms. The van der Waals surface area contributed by atoms with Crippen molar-refractivity contribution in [3.05, 3.63) is 29.8 Å². The summed E-state index contributed by atoms with van der Waals surface area (Å²) in [4.78, 5) is 25.1. The number of aldehydes is 1. The molecule has 0 radical (unpaired) electrons. The van der Waals surface area contributed by atoms with E-state index in [-0.39, 0.29) is 11.8 Å². The summed E-state index contributed by atoms with van der Waals surface area (Å²) >= 11 is 0. The van der Waals surface area contributed by atoms with Crippen molar-refractivity contribution < 1.29 is 14.0 Å². The highest BCUT2D eigenvalue weighted by molar-refractivity contribution is 5.93. The lowest BCUT2D eigenvalue weighted by Gasteiger charge is -2.09. The second kappa shape index (κ2) is 5.95. The minimum Gasteiger partial charge on any atom is -0.352 e. The van der Waals surface area contributed by atoms with E-state index in [1.807, 2.05) is 6.92 Å². The summed E-state index contributed by atoms with van der Waals surface area (Å²) < 4.78 is 12.5. The van der Waals surface area contributed by atoms with Crippen molar-refractivity contribution in [2.24, 2.45) is 5.92 Å². The predicted molar refractivity (Wildman–Crippen MR) is 56.4 cm³/mol. The van der Waals surface area contributed by atoms with E-state index in [0.29, 0.717) is 18.5 Å². The largest absolute Gasteiger partial charge is 0.352 e. The standard InChI is InChI=1S/C11H13FN2O2/c1-8(4-5-15)6-14-11(16)9-2-3-10(12)13-7-9/h2-3,5,7-8H,4,6H2,1H3,(H,14,16). The fourth-order valence-electron chi connectivity index (χ4n) is 1.13. The molecule has 1 aromatic rings. The molecule has 0 bridgehead atoms. The topological polar surface area (TPSA) is 59.1 Å². The number of halogens is 1. The second-order valence-corrected chi connectivity index (χ2v) is 3.59. The Morgan fingerprint density at radius 2 is 2.38 bits per heavy atom. The number of carbonyl (C=O) groups is 2. The van der Waals surface area contributed by atoms with Gasteiger partial charge in [0.15, 0.2) is 0 Å². The lowest BCUT2D eigenvalue weighted by Crippen LogP contribution is -2.28. The smallest absolute Gasteiger partial charge is 0.252 e. The lowest BCUT2D eigenvalue weighted by atomic mass is 10.1. The SMILES string of the molecule is CC(CC=O)CNC(=O)c1ccc(F)nc1. The van der Waals surface area contributed by atoms with Crippen LogP contribution in [0, 0.1) is 11.9 Å². The number of nitrogens with zero attached hydrogens (tertiary/aromatic N) is 1. The summed E-state index contributed by atoms with van der Waals surface area (Å²) in [5.74, 6) is -0.842. The third-order valence-electron chi connectivity index (χ3n) is 2.10. The quantitative estimate of drug-likeness (QED) is 0.603. The van der Waals surface area contributed by atoms with Crippen LogP contribution in [0.3, 0.4) is 0 Å². The van der Waals surface area contributed by atoms with Gasteiger partial charge < -0.3 is 10.1 Å². The number of pyridine rings is 1. The highest BCUT2D eigenvalue weighted by Gasteiger charge is 2.07. The Morgan fingerprint density at radius 3 is 2.94 bits per heavy atom. The minimum absolute atomic E-state index is 0.0925.